The summed E-state index contributed by atoms with van der Waals surface area (Å²) < 4.78 is 38.4. The highest BCUT2D eigenvalue weighted by atomic mass is 32.2. The number of carbonyl (C=O) groups is 2. The van der Waals surface area contributed by atoms with Crippen molar-refractivity contribution < 1.29 is 22.4 Å². The van der Waals surface area contributed by atoms with Crippen molar-refractivity contribution >= 4 is 45.1 Å². The van der Waals surface area contributed by atoms with Crippen LogP contribution in [0.4, 0.5) is 10.1 Å². The first-order valence-electron chi connectivity index (χ1n) is 12.4. The van der Waals surface area contributed by atoms with Gasteiger partial charge in [-0.05, 0) is 101 Å². The van der Waals surface area contributed by atoms with Crippen LogP contribution >= 0.6 is 0 Å². The molecule has 0 spiro atoms. The SMILES string of the molecule is Cc1[nH]c(/C=C2\C(=O)Nc3ccc(/C=C/S(=O)(=O)c4ccc(F)cc4)cc32)c(C)c1C(=O)NCCCN(C)C. The van der Waals surface area contributed by atoms with Gasteiger partial charge in [-0.1, -0.05) is 6.07 Å². The van der Waals surface area contributed by atoms with Gasteiger partial charge in [-0.25, -0.2) is 12.8 Å². The molecule has 3 aromatic rings. The fourth-order valence-electron chi connectivity index (χ4n) is 4.41. The number of nitrogens with one attached hydrogen (secondary N) is 3. The van der Waals surface area contributed by atoms with Gasteiger partial charge in [-0.2, -0.15) is 0 Å². The number of carbonyl (C=O) groups excluding carboxylic acids is 2. The second-order valence-corrected chi connectivity index (χ2v) is 11.5. The van der Waals surface area contributed by atoms with Crippen LogP contribution in [0.2, 0.25) is 0 Å². The van der Waals surface area contributed by atoms with Crippen molar-refractivity contribution in [2.45, 2.75) is 25.2 Å². The largest absolute Gasteiger partial charge is 0.358 e. The molecule has 0 bridgehead atoms. The Labute approximate surface area is 227 Å². The number of benzene rings is 2. The average molecular weight is 551 g/mol. The highest BCUT2D eigenvalue weighted by Crippen LogP contribution is 2.35. The smallest absolute Gasteiger partial charge is 0.256 e. The maximum absolute atomic E-state index is 13.2. The lowest BCUT2D eigenvalue weighted by atomic mass is 10.0. The summed E-state index contributed by atoms with van der Waals surface area (Å²) in [4.78, 5) is 30.9. The minimum atomic E-state index is -3.78. The number of rotatable bonds is 9. The van der Waals surface area contributed by atoms with Crippen LogP contribution in [0.1, 0.15) is 44.9 Å². The number of sulfone groups is 1. The van der Waals surface area contributed by atoms with E-state index in [1.54, 1.807) is 24.3 Å². The predicted molar refractivity (Wildman–Crippen MR) is 151 cm³/mol. The summed E-state index contributed by atoms with van der Waals surface area (Å²) in [7, 11) is 0.181. The van der Waals surface area contributed by atoms with Crippen molar-refractivity contribution in [1.29, 1.82) is 0 Å². The molecule has 2 aromatic carbocycles. The van der Waals surface area contributed by atoms with E-state index >= 15 is 0 Å². The van der Waals surface area contributed by atoms with Crippen LogP contribution in [-0.4, -0.2) is 57.3 Å². The molecule has 8 nitrogen and oxygen atoms in total. The molecule has 0 aliphatic carbocycles. The maximum atomic E-state index is 13.2. The molecule has 4 rings (SSSR count). The van der Waals surface area contributed by atoms with E-state index < -0.39 is 15.7 Å². The molecule has 1 aromatic heterocycles. The number of anilines is 1. The van der Waals surface area contributed by atoms with Gasteiger partial charge in [0.05, 0.1) is 16.0 Å². The Morgan fingerprint density at radius 2 is 1.82 bits per heavy atom. The normalized spacial score (nSPS) is 14.3. The molecule has 1 aliphatic heterocycles. The van der Waals surface area contributed by atoms with Crippen LogP contribution in [0, 0.1) is 19.7 Å². The molecule has 2 heterocycles. The zero-order valence-electron chi connectivity index (χ0n) is 22.3. The molecule has 1 aliphatic rings. The van der Waals surface area contributed by atoms with Crippen molar-refractivity contribution in [2.24, 2.45) is 0 Å². The van der Waals surface area contributed by atoms with E-state index in [1.807, 2.05) is 27.9 Å². The summed E-state index contributed by atoms with van der Waals surface area (Å²) in [6.45, 7) is 5.07. The molecule has 39 heavy (non-hydrogen) atoms. The van der Waals surface area contributed by atoms with Crippen molar-refractivity contribution in [3.8, 4) is 0 Å². The quantitative estimate of drug-likeness (QED) is 0.208. The van der Waals surface area contributed by atoms with E-state index in [0.29, 0.717) is 45.9 Å². The van der Waals surface area contributed by atoms with E-state index in [9.17, 15) is 22.4 Å². The van der Waals surface area contributed by atoms with E-state index in [0.717, 1.165) is 36.1 Å². The van der Waals surface area contributed by atoms with Crippen molar-refractivity contribution in [3.05, 3.63) is 87.3 Å². The summed E-state index contributed by atoms with van der Waals surface area (Å²) in [6.07, 6.45) is 3.97. The molecule has 0 saturated carbocycles. The van der Waals surface area contributed by atoms with Crippen LogP contribution in [-0.2, 0) is 14.6 Å². The number of halogens is 1. The maximum Gasteiger partial charge on any atom is 0.256 e. The lowest BCUT2D eigenvalue weighted by Gasteiger charge is -2.10. The predicted octanol–water partition coefficient (Wildman–Crippen LogP) is 4.39. The number of aromatic nitrogens is 1. The second kappa shape index (κ2) is 11.4. The summed E-state index contributed by atoms with van der Waals surface area (Å²) in [5, 5.41) is 6.83. The van der Waals surface area contributed by atoms with Gasteiger partial charge in [0.15, 0.2) is 9.84 Å². The Hall–Kier alpha value is -4.02. The van der Waals surface area contributed by atoms with Crippen molar-refractivity contribution in [1.82, 2.24) is 15.2 Å². The number of hydrogen-bond acceptors (Lipinski definition) is 5. The second-order valence-electron chi connectivity index (χ2n) is 9.70. The standard InChI is InChI=1S/C29H31FN4O4S/c1-18-26(32-19(2)27(18)29(36)31-13-5-14-34(3)4)17-24-23-16-20(6-11-25(23)33-28(24)35)12-15-39(37,38)22-9-7-21(30)8-10-22/h6-12,15-17,32H,5,13-14H2,1-4H3,(H,31,36)(H,33,35)/b15-12+,24-17-. The van der Waals surface area contributed by atoms with Gasteiger partial charge >= 0.3 is 0 Å². The molecule has 0 fully saturated rings. The van der Waals surface area contributed by atoms with Crippen LogP contribution < -0.4 is 10.6 Å². The molecular weight excluding hydrogens is 519 g/mol. The first-order valence-corrected chi connectivity index (χ1v) is 14.0. The third kappa shape index (κ3) is 6.35. The Kier molecular flexibility index (Phi) is 8.17. The highest BCUT2D eigenvalue weighted by molar-refractivity contribution is 7.94. The zero-order valence-corrected chi connectivity index (χ0v) is 23.1. The number of aryl methyl sites for hydroxylation is 1. The summed E-state index contributed by atoms with van der Waals surface area (Å²) in [5.41, 5.74) is 4.80. The van der Waals surface area contributed by atoms with Crippen LogP contribution in [0.25, 0.3) is 17.7 Å². The molecule has 0 unspecified atom stereocenters. The molecule has 3 N–H and O–H groups in total. The molecule has 10 heteroatoms. The summed E-state index contributed by atoms with van der Waals surface area (Å²) in [5.74, 6) is -0.990. The van der Waals surface area contributed by atoms with Gasteiger partial charge in [0.25, 0.3) is 11.8 Å². The first kappa shape index (κ1) is 28.0. The Balaban J connectivity index is 1.59. The molecule has 2 amide bonds. The van der Waals surface area contributed by atoms with Gasteiger partial charge in [0.1, 0.15) is 5.82 Å². The minimum Gasteiger partial charge on any atom is -0.358 e. The van der Waals surface area contributed by atoms with Gasteiger partial charge in [0.2, 0.25) is 0 Å². The fraction of sp³-hybridized carbons (Fsp3) is 0.241. The number of hydrogen-bond donors (Lipinski definition) is 3. The summed E-state index contributed by atoms with van der Waals surface area (Å²) >= 11 is 0. The monoisotopic (exact) mass is 550 g/mol. The molecular formula is C29H31FN4O4S. The van der Waals surface area contributed by atoms with Crippen LogP contribution in [0.15, 0.2) is 52.8 Å². The lowest BCUT2D eigenvalue weighted by Crippen LogP contribution is -2.27. The Morgan fingerprint density at radius 3 is 2.51 bits per heavy atom. The first-order chi connectivity index (χ1) is 18.5. The number of nitrogens with zero attached hydrogens (tertiary/aromatic N) is 1. The van der Waals surface area contributed by atoms with Crippen LogP contribution in [0.3, 0.4) is 0 Å². The lowest BCUT2D eigenvalue weighted by molar-refractivity contribution is -0.110. The van der Waals surface area contributed by atoms with E-state index in [-0.39, 0.29) is 16.7 Å². The van der Waals surface area contributed by atoms with E-state index in [4.69, 9.17) is 0 Å². The topological polar surface area (TPSA) is 111 Å². The summed E-state index contributed by atoms with van der Waals surface area (Å²) in [6, 6.07) is 9.72. The van der Waals surface area contributed by atoms with Crippen molar-refractivity contribution in [3.63, 3.8) is 0 Å². The number of H-pyrrole nitrogens is 1. The Morgan fingerprint density at radius 1 is 1.10 bits per heavy atom. The molecule has 0 radical (unpaired) electrons. The number of fused-ring (bicyclic) bond motifs is 1. The van der Waals surface area contributed by atoms with Gasteiger partial charge in [-0.3, -0.25) is 9.59 Å². The number of amides is 2. The Bertz CT molecular complexity index is 1590. The minimum absolute atomic E-state index is 0.0196. The van der Waals surface area contributed by atoms with E-state index in [1.165, 1.54) is 18.2 Å². The fourth-order valence-corrected chi connectivity index (χ4v) is 5.42. The van der Waals surface area contributed by atoms with Crippen LogP contribution in [0.5, 0.6) is 0 Å². The average Bonchev–Trinajstić information content (AvgIpc) is 3.34. The molecule has 0 saturated heterocycles. The van der Waals surface area contributed by atoms with E-state index in [2.05, 4.69) is 20.5 Å². The highest BCUT2D eigenvalue weighted by Gasteiger charge is 2.26. The zero-order chi connectivity index (χ0) is 28.3. The molecule has 204 valence electrons. The van der Waals surface area contributed by atoms with Gasteiger partial charge < -0.3 is 20.5 Å². The third-order valence-corrected chi connectivity index (χ3v) is 7.89. The third-order valence-electron chi connectivity index (χ3n) is 6.47. The number of aromatic amines is 1. The van der Waals surface area contributed by atoms with Gasteiger partial charge in [-0.15, -0.1) is 0 Å². The van der Waals surface area contributed by atoms with Gasteiger partial charge in [0, 0.05) is 34.6 Å². The molecule has 0 atom stereocenters. The van der Waals surface area contributed by atoms with Crippen molar-refractivity contribution in [2.75, 3.05) is 32.5 Å².